The highest BCUT2D eigenvalue weighted by Gasteiger charge is 2.32. The van der Waals surface area contributed by atoms with Gasteiger partial charge in [0, 0.05) is 19.0 Å². The summed E-state index contributed by atoms with van der Waals surface area (Å²) in [4.78, 5) is 29.3. The molecule has 1 atom stereocenters. The molecule has 0 heterocycles. The summed E-state index contributed by atoms with van der Waals surface area (Å²) >= 11 is 0. The number of methoxy groups -OCH3 is 1. The summed E-state index contributed by atoms with van der Waals surface area (Å²) in [6.07, 6.45) is 4.97. The number of benzene rings is 3. The summed E-state index contributed by atoms with van der Waals surface area (Å²) in [6.45, 7) is 2.42. The molecular weight excluding hydrogens is 448 g/mol. The molecule has 36 heavy (non-hydrogen) atoms. The molecule has 0 bridgehead atoms. The molecule has 5 nitrogen and oxygen atoms in total. The maximum Gasteiger partial charge on any atom is 0.243 e. The zero-order valence-corrected chi connectivity index (χ0v) is 21.3. The minimum Gasteiger partial charge on any atom is -0.497 e. The molecule has 1 aliphatic carbocycles. The second kappa shape index (κ2) is 12.4. The van der Waals surface area contributed by atoms with Crippen molar-refractivity contribution in [2.24, 2.45) is 0 Å². The maximum atomic E-state index is 13.8. The van der Waals surface area contributed by atoms with Gasteiger partial charge in [0.15, 0.2) is 0 Å². The smallest absolute Gasteiger partial charge is 0.243 e. The Labute approximate surface area is 214 Å². The quantitative estimate of drug-likeness (QED) is 0.428. The summed E-state index contributed by atoms with van der Waals surface area (Å²) in [5.41, 5.74) is 4.08. The third-order valence-corrected chi connectivity index (χ3v) is 6.92. The van der Waals surface area contributed by atoms with E-state index in [9.17, 15) is 9.59 Å². The molecule has 0 aromatic heterocycles. The zero-order chi connectivity index (χ0) is 25.3. The Morgan fingerprint density at radius 1 is 0.917 bits per heavy atom. The predicted octanol–water partition coefficient (Wildman–Crippen LogP) is 5.25. The lowest BCUT2D eigenvalue weighted by Gasteiger charge is -2.32. The van der Waals surface area contributed by atoms with Gasteiger partial charge in [0.05, 0.1) is 13.5 Å². The Morgan fingerprint density at radius 3 is 2.28 bits per heavy atom. The van der Waals surface area contributed by atoms with Crippen molar-refractivity contribution in [3.63, 3.8) is 0 Å². The normalized spacial score (nSPS) is 14.3. The SMILES string of the molecule is COc1ccc(CC(=O)N(Cc2cccc(C)c2)[C@@H](Cc2ccccc2)C(=O)NC2CCCC2)cc1. The molecule has 1 N–H and O–H groups in total. The van der Waals surface area contributed by atoms with E-state index in [4.69, 9.17) is 4.74 Å². The number of carbonyl (C=O) groups is 2. The first kappa shape index (κ1) is 25.5. The van der Waals surface area contributed by atoms with Gasteiger partial charge in [-0.2, -0.15) is 0 Å². The van der Waals surface area contributed by atoms with E-state index in [0.717, 1.165) is 53.7 Å². The van der Waals surface area contributed by atoms with Crippen molar-refractivity contribution < 1.29 is 14.3 Å². The second-order valence-electron chi connectivity index (χ2n) is 9.73. The highest BCUT2D eigenvalue weighted by molar-refractivity contribution is 5.89. The fourth-order valence-corrected chi connectivity index (χ4v) is 4.95. The average molecular weight is 485 g/mol. The van der Waals surface area contributed by atoms with Crippen LogP contribution in [0.1, 0.15) is 47.9 Å². The van der Waals surface area contributed by atoms with E-state index in [1.54, 1.807) is 12.0 Å². The van der Waals surface area contributed by atoms with Crippen LogP contribution >= 0.6 is 0 Å². The Balaban J connectivity index is 1.64. The van der Waals surface area contributed by atoms with Crippen molar-refractivity contribution in [3.8, 4) is 5.75 Å². The van der Waals surface area contributed by atoms with Crippen molar-refractivity contribution >= 4 is 11.8 Å². The molecule has 0 unspecified atom stereocenters. The van der Waals surface area contributed by atoms with E-state index in [-0.39, 0.29) is 24.3 Å². The first-order valence-electron chi connectivity index (χ1n) is 12.8. The number of nitrogens with zero attached hydrogens (tertiary/aromatic N) is 1. The minimum atomic E-state index is -0.598. The first-order chi connectivity index (χ1) is 17.5. The van der Waals surface area contributed by atoms with Crippen molar-refractivity contribution in [2.45, 2.75) is 64.1 Å². The zero-order valence-electron chi connectivity index (χ0n) is 21.3. The third-order valence-electron chi connectivity index (χ3n) is 6.92. The number of carbonyl (C=O) groups excluding carboxylic acids is 2. The maximum absolute atomic E-state index is 13.8. The number of amides is 2. The first-order valence-corrected chi connectivity index (χ1v) is 12.8. The van der Waals surface area contributed by atoms with Gasteiger partial charge in [0.2, 0.25) is 11.8 Å². The highest BCUT2D eigenvalue weighted by atomic mass is 16.5. The monoisotopic (exact) mass is 484 g/mol. The summed E-state index contributed by atoms with van der Waals surface area (Å²) in [5.74, 6) is 0.617. The molecule has 188 valence electrons. The van der Waals surface area contributed by atoms with Crippen LogP contribution in [0.4, 0.5) is 0 Å². The molecule has 5 heteroatoms. The predicted molar refractivity (Wildman–Crippen MR) is 143 cm³/mol. The molecule has 2 amide bonds. The van der Waals surface area contributed by atoms with E-state index in [2.05, 4.69) is 11.4 Å². The van der Waals surface area contributed by atoms with Gasteiger partial charge in [0.1, 0.15) is 11.8 Å². The van der Waals surface area contributed by atoms with Gasteiger partial charge in [-0.05, 0) is 48.6 Å². The van der Waals surface area contributed by atoms with Crippen LogP contribution in [0, 0.1) is 6.92 Å². The van der Waals surface area contributed by atoms with Gasteiger partial charge in [-0.3, -0.25) is 9.59 Å². The molecule has 0 saturated heterocycles. The van der Waals surface area contributed by atoms with Gasteiger partial charge < -0.3 is 15.0 Å². The fraction of sp³-hybridized carbons (Fsp3) is 0.355. The molecule has 1 aliphatic rings. The fourth-order valence-electron chi connectivity index (χ4n) is 4.95. The molecule has 4 rings (SSSR count). The van der Waals surface area contributed by atoms with Gasteiger partial charge in [-0.15, -0.1) is 0 Å². The summed E-state index contributed by atoms with van der Waals surface area (Å²) < 4.78 is 5.26. The number of ether oxygens (including phenoxy) is 1. The van der Waals surface area contributed by atoms with Gasteiger partial charge in [0.25, 0.3) is 0 Å². The second-order valence-corrected chi connectivity index (χ2v) is 9.73. The Hall–Kier alpha value is -3.60. The minimum absolute atomic E-state index is 0.0656. The lowest BCUT2D eigenvalue weighted by molar-refractivity contribution is -0.141. The molecule has 0 spiro atoms. The number of hydrogen-bond acceptors (Lipinski definition) is 3. The molecule has 1 fully saturated rings. The number of nitrogens with one attached hydrogen (secondary N) is 1. The molecular formula is C31H36N2O3. The van der Waals surface area contributed by atoms with Crippen molar-refractivity contribution in [2.75, 3.05) is 7.11 Å². The summed E-state index contributed by atoms with van der Waals surface area (Å²) in [6, 6.07) is 25.3. The topological polar surface area (TPSA) is 58.6 Å². The third kappa shape index (κ3) is 6.97. The largest absolute Gasteiger partial charge is 0.497 e. The van der Waals surface area contributed by atoms with Crippen LogP contribution < -0.4 is 10.1 Å². The van der Waals surface area contributed by atoms with Crippen LogP contribution in [0.3, 0.4) is 0 Å². The van der Waals surface area contributed by atoms with Crippen LogP contribution in [-0.4, -0.2) is 35.9 Å². The standard InChI is InChI=1S/C31H36N2O3/c1-23-9-8-12-26(19-23)22-33(30(34)21-25-15-17-28(36-2)18-16-25)29(20-24-10-4-3-5-11-24)31(35)32-27-13-6-7-14-27/h3-5,8-12,15-19,27,29H,6-7,13-14,20-22H2,1-2H3,(H,32,35)/t29-/m0/s1. The van der Waals surface area contributed by atoms with Gasteiger partial charge >= 0.3 is 0 Å². The lowest BCUT2D eigenvalue weighted by atomic mass is 10.0. The molecule has 1 saturated carbocycles. The van der Waals surface area contributed by atoms with Crippen LogP contribution in [0.2, 0.25) is 0 Å². The summed E-state index contributed by atoms with van der Waals surface area (Å²) in [5, 5.41) is 3.26. The van der Waals surface area contributed by atoms with Crippen LogP contribution in [0.25, 0.3) is 0 Å². The molecule has 3 aromatic rings. The Morgan fingerprint density at radius 2 is 1.61 bits per heavy atom. The number of aryl methyl sites for hydroxylation is 1. The number of hydrogen-bond donors (Lipinski definition) is 1. The number of rotatable bonds is 10. The van der Waals surface area contributed by atoms with E-state index >= 15 is 0 Å². The van der Waals surface area contributed by atoms with Gasteiger partial charge in [-0.25, -0.2) is 0 Å². The Kier molecular flexibility index (Phi) is 8.77. The highest BCUT2D eigenvalue weighted by Crippen LogP contribution is 2.21. The van der Waals surface area contributed by atoms with Crippen LogP contribution in [0.5, 0.6) is 5.75 Å². The van der Waals surface area contributed by atoms with E-state index in [0.29, 0.717) is 13.0 Å². The van der Waals surface area contributed by atoms with Crippen LogP contribution in [0.15, 0.2) is 78.9 Å². The lowest BCUT2D eigenvalue weighted by Crippen LogP contribution is -2.52. The van der Waals surface area contributed by atoms with E-state index in [1.807, 2.05) is 79.7 Å². The molecule has 0 radical (unpaired) electrons. The van der Waals surface area contributed by atoms with E-state index in [1.165, 1.54) is 0 Å². The van der Waals surface area contributed by atoms with Crippen molar-refractivity contribution in [1.82, 2.24) is 10.2 Å². The van der Waals surface area contributed by atoms with E-state index < -0.39 is 6.04 Å². The molecule has 3 aromatic carbocycles. The van der Waals surface area contributed by atoms with Crippen LogP contribution in [-0.2, 0) is 29.0 Å². The molecule has 0 aliphatic heterocycles. The van der Waals surface area contributed by atoms with Crippen molar-refractivity contribution in [3.05, 3.63) is 101 Å². The average Bonchev–Trinajstić information content (AvgIpc) is 3.40. The summed E-state index contributed by atoms with van der Waals surface area (Å²) in [7, 11) is 1.63. The van der Waals surface area contributed by atoms with Gasteiger partial charge in [-0.1, -0.05) is 85.1 Å². The van der Waals surface area contributed by atoms with Crippen molar-refractivity contribution in [1.29, 1.82) is 0 Å². The Bertz CT molecular complexity index is 1140.